The molecule has 0 amide bonds. The van der Waals surface area contributed by atoms with Gasteiger partial charge in [0.1, 0.15) is 0 Å². The fourth-order valence-electron chi connectivity index (χ4n) is 2.03. The van der Waals surface area contributed by atoms with Gasteiger partial charge in [0.05, 0.1) is 18.0 Å². The molecule has 0 spiro atoms. The fraction of sp³-hybridized carbons (Fsp3) is 1.00. The molecule has 0 aromatic heterocycles. The largest absolute Gasteiger partial charge is 0.377 e. The van der Waals surface area contributed by atoms with Gasteiger partial charge in [-0.2, -0.15) is 0 Å². The summed E-state index contributed by atoms with van der Waals surface area (Å²) in [5.74, 6) is 0.103. The van der Waals surface area contributed by atoms with E-state index in [1.807, 2.05) is 6.92 Å². The van der Waals surface area contributed by atoms with E-state index in [2.05, 4.69) is 5.32 Å². The number of hydrogen-bond donors (Lipinski definition) is 1. The summed E-state index contributed by atoms with van der Waals surface area (Å²) in [6, 6.07) is 0.184. The lowest BCUT2D eigenvalue weighted by molar-refractivity contribution is -0.130. The molecule has 1 aliphatic carbocycles. The van der Waals surface area contributed by atoms with Crippen molar-refractivity contribution in [1.29, 1.82) is 0 Å². The molecule has 0 aliphatic heterocycles. The lowest BCUT2D eigenvalue weighted by Crippen LogP contribution is -2.60. The zero-order valence-corrected chi connectivity index (χ0v) is 12.4. The molecule has 1 aliphatic rings. The molecule has 18 heavy (non-hydrogen) atoms. The van der Waals surface area contributed by atoms with Crippen LogP contribution in [0.3, 0.4) is 0 Å². The van der Waals surface area contributed by atoms with E-state index in [1.54, 1.807) is 21.2 Å². The summed E-state index contributed by atoms with van der Waals surface area (Å²) in [5.41, 5.74) is 0. The Balaban J connectivity index is 2.29. The molecule has 1 rings (SSSR count). The van der Waals surface area contributed by atoms with Gasteiger partial charge in [-0.25, -0.2) is 12.7 Å². The standard InChI is InChI=1S/C11H24N2O4S/c1-5-17-10-8-9(11(10)16-4)12-6-7-18(14,15)13(2)3/h9-12H,5-8H2,1-4H3. The Morgan fingerprint density at radius 2 is 2.06 bits per heavy atom. The van der Waals surface area contributed by atoms with Crippen molar-refractivity contribution in [2.45, 2.75) is 31.6 Å². The van der Waals surface area contributed by atoms with Crippen LogP contribution in [0.4, 0.5) is 0 Å². The van der Waals surface area contributed by atoms with E-state index >= 15 is 0 Å². The number of methoxy groups -OCH3 is 1. The number of sulfonamides is 1. The molecule has 1 saturated carbocycles. The van der Waals surface area contributed by atoms with Gasteiger partial charge in [0.15, 0.2) is 0 Å². The summed E-state index contributed by atoms with van der Waals surface area (Å²) in [5, 5.41) is 3.21. The first-order valence-electron chi connectivity index (χ1n) is 6.20. The lowest BCUT2D eigenvalue weighted by atomic mass is 9.85. The quantitative estimate of drug-likeness (QED) is 0.659. The molecule has 0 saturated heterocycles. The van der Waals surface area contributed by atoms with Gasteiger partial charge in [-0.1, -0.05) is 0 Å². The van der Waals surface area contributed by atoms with Crippen LogP contribution in [0.1, 0.15) is 13.3 Å². The average molecular weight is 280 g/mol. The van der Waals surface area contributed by atoms with Gasteiger partial charge in [-0.05, 0) is 13.3 Å². The van der Waals surface area contributed by atoms with Gasteiger partial charge in [-0.15, -0.1) is 0 Å². The highest BCUT2D eigenvalue weighted by Crippen LogP contribution is 2.26. The maximum absolute atomic E-state index is 11.6. The third-order valence-corrected chi connectivity index (χ3v) is 5.06. The minimum Gasteiger partial charge on any atom is -0.377 e. The maximum atomic E-state index is 11.6. The van der Waals surface area contributed by atoms with E-state index in [1.165, 1.54) is 4.31 Å². The summed E-state index contributed by atoms with van der Waals surface area (Å²) < 4.78 is 35.2. The van der Waals surface area contributed by atoms with Gasteiger partial charge >= 0.3 is 0 Å². The van der Waals surface area contributed by atoms with Crippen LogP contribution in [-0.2, 0) is 19.5 Å². The Hall–Kier alpha value is -0.210. The molecule has 0 radical (unpaired) electrons. The summed E-state index contributed by atoms with van der Waals surface area (Å²) in [6.45, 7) is 3.06. The molecule has 0 aromatic carbocycles. The van der Waals surface area contributed by atoms with E-state index in [-0.39, 0.29) is 24.0 Å². The molecule has 1 fully saturated rings. The van der Waals surface area contributed by atoms with Crippen molar-refractivity contribution < 1.29 is 17.9 Å². The topological polar surface area (TPSA) is 67.9 Å². The molecule has 3 unspecified atom stereocenters. The second-order valence-electron chi connectivity index (χ2n) is 4.59. The Bertz CT molecular complexity index is 345. The van der Waals surface area contributed by atoms with Crippen molar-refractivity contribution >= 4 is 10.0 Å². The number of ether oxygens (including phenoxy) is 2. The van der Waals surface area contributed by atoms with E-state index < -0.39 is 10.0 Å². The second kappa shape index (κ2) is 6.81. The third kappa shape index (κ3) is 3.89. The summed E-state index contributed by atoms with van der Waals surface area (Å²) in [6.07, 6.45) is 1.02. The van der Waals surface area contributed by atoms with Crippen LogP contribution in [0.15, 0.2) is 0 Å². The first-order chi connectivity index (χ1) is 8.42. The Morgan fingerprint density at radius 3 is 2.56 bits per heavy atom. The Morgan fingerprint density at radius 1 is 1.39 bits per heavy atom. The summed E-state index contributed by atoms with van der Waals surface area (Å²) >= 11 is 0. The minimum absolute atomic E-state index is 0.0204. The lowest BCUT2D eigenvalue weighted by Gasteiger charge is -2.43. The molecule has 7 heteroatoms. The maximum Gasteiger partial charge on any atom is 0.214 e. The second-order valence-corrected chi connectivity index (χ2v) is 6.89. The van der Waals surface area contributed by atoms with Crippen LogP contribution in [0, 0.1) is 0 Å². The zero-order chi connectivity index (χ0) is 13.8. The van der Waals surface area contributed by atoms with Crippen molar-refractivity contribution in [3.63, 3.8) is 0 Å². The van der Waals surface area contributed by atoms with E-state index in [4.69, 9.17) is 9.47 Å². The van der Waals surface area contributed by atoms with Crippen LogP contribution in [0.5, 0.6) is 0 Å². The molecular formula is C11H24N2O4S. The number of hydrogen-bond acceptors (Lipinski definition) is 5. The van der Waals surface area contributed by atoms with Crippen molar-refractivity contribution in [2.24, 2.45) is 0 Å². The van der Waals surface area contributed by atoms with Gasteiger partial charge in [0.25, 0.3) is 0 Å². The molecule has 1 N–H and O–H groups in total. The third-order valence-electron chi connectivity index (χ3n) is 3.23. The molecule has 3 atom stereocenters. The summed E-state index contributed by atoms with van der Waals surface area (Å²) in [4.78, 5) is 0. The van der Waals surface area contributed by atoms with Gasteiger partial charge in [0, 0.05) is 40.4 Å². The van der Waals surface area contributed by atoms with Crippen LogP contribution < -0.4 is 5.32 Å². The first-order valence-corrected chi connectivity index (χ1v) is 7.81. The summed E-state index contributed by atoms with van der Waals surface area (Å²) in [7, 11) is 1.61. The molecule has 0 aromatic rings. The number of rotatable bonds is 8. The first kappa shape index (κ1) is 15.8. The molecule has 0 bridgehead atoms. The average Bonchev–Trinajstić information content (AvgIpc) is 2.26. The van der Waals surface area contributed by atoms with Crippen molar-refractivity contribution in [3.8, 4) is 0 Å². The van der Waals surface area contributed by atoms with E-state index in [0.29, 0.717) is 13.2 Å². The van der Waals surface area contributed by atoms with Gasteiger partial charge in [-0.3, -0.25) is 0 Å². The monoisotopic (exact) mass is 280 g/mol. The highest BCUT2D eigenvalue weighted by Gasteiger charge is 2.41. The Labute approximate surface area is 110 Å². The van der Waals surface area contributed by atoms with E-state index in [0.717, 1.165) is 6.42 Å². The Kier molecular flexibility index (Phi) is 6.00. The van der Waals surface area contributed by atoms with Crippen LogP contribution >= 0.6 is 0 Å². The molecule has 108 valence electrons. The fourth-order valence-corrected chi connectivity index (χ4v) is 2.77. The molecular weight excluding hydrogens is 256 g/mol. The van der Waals surface area contributed by atoms with Crippen molar-refractivity contribution in [3.05, 3.63) is 0 Å². The molecule has 0 heterocycles. The smallest absolute Gasteiger partial charge is 0.214 e. The number of nitrogens with one attached hydrogen (secondary N) is 1. The highest BCUT2D eigenvalue weighted by molar-refractivity contribution is 7.89. The van der Waals surface area contributed by atoms with Crippen LogP contribution in [0.25, 0.3) is 0 Å². The number of nitrogens with zero attached hydrogens (tertiary/aromatic N) is 1. The van der Waals surface area contributed by atoms with Crippen molar-refractivity contribution in [2.75, 3.05) is 40.1 Å². The van der Waals surface area contributed by atoms with Crippen LogP contribution in [0.2, 0.25) is 0 Å². The minimum atomic E-state index is -3.13. The predicted octanol–water partition coefficient (Wildman–Crippen LogP) is -0.340. The SMILES string of the molecule is CCOC1CC(NCCS(=O)(=O)N(C)C)C1OC. The normalized spacial score (nSPS) is 28.4. The van der Waals surface area contributed by atoms with Crippen LogP contribution in [-0.4, -0.2) is 71.1 Å². The van der Waals surface area contributed by atoms with Crippen molar-refractivity contribution in [1.82, 2.24) is 9.62 Å². The van der Waals surface area contributed by atoms with E-state index in [9.17, 15) is 8.42 Å². The highest BCUT2D eigenvalue weighted by atomic mass is 32.2. The van der Waals surface area contributed by atoms with Gasteiger partial charge < -0.3 is 14.8 Å². The van der Waals surface area contributed by atoms with Gasteiger partial charge in [0.2, 0.25) is 10.0 Å². The predicted molar refractivity (Wildman–Crippen MR) is 70.1 cm³/mol. The zero-order valence-electron chi connectivity index (χ0n) is 11.5. The molecule has 6 nitrogen and oxygen atoms in total.